The second kappa shape index (κ2) is 8.89. The SMILES string of the molecule is O=C(NCCOc1ccc2nnc(Cc3cccs3)n2n1)c1cc(Br)ccc1Cl. The third-order valence-electron chi connectivity index (χ3n) is 4.03. The highest BCUT2D eigenvalue weighted by Crippen LogP contribution is 2.21. The zero-order valence-electron chi connectivity index (χ0n) is 15.0. The number of ether oxygens (including phenoxy) is 1. The molecule has 29 heavy (non-hydrogen) atoms. The molecule has 0 aliphatic rings. The van der Waals surface area contributed by atoms with E-state index >= 15 is 0 Å². The molecule has 0 atom stereocenters. The van der Waals surface area contributed by atoms with Crippen LogP contribution in [0.3, 0.4) is 0 Å². The van der Waals surface area contributed by atoms with E-state index in [1.165, 1.54) is 4.88 Å². The Morgan fingerprint density at radius 3 is 2.97 bits per heavy atom. The van der Waals surface area contributed by atoms with Crippen molar-refractivity contribution in [3.05, 3.63) is 73.6 Å². The molecule has 0 saturated carbocycles. The van der Waals surface area contributed by atoms with Gasteiger partial charge < -0.3 is 10.1 Å². The summed E-state index contributed by atoms with van der Waals surface area (Å²) in [6.45, 7) is 0.573. The summed E-state index contributed by atoms with van der Waals surface area (Å²) in [6, 6.07) is 12.7. The summed E-state index contributed by atoms with van der Waals surface area (Å²) in [6.07, 6.45) is 0.652. The normalized spacial score (nSPS) is 11.0. The van der Waals surface area contributed by atoms with E-state index in [1.54, 1.807) is 46.2 Å². The van der Waals surface area contributed by atoms with Crippen molar-refractivity contribution in [3.8, 4) is 5.88 Å². The van der Waals surface area contributed by atoms with Crippen LogP contribution in [0.4, 0.5) is 0 Å². The molecule has 4 aromatic rings. The summed E-state index contributed by atoms with van der Waals surface area (Å²) >= 11 is 11.1. The van der Waals surface area contributed by atoms with E-state index in [4.69, 9.17) is 16.3 Å². The van der Waals surface area contributed by atoms with Gasteiger partial charge in [-0.05, 0) is 35.7 Å². The zero-order chi connectivity index (χ0) is 20.2. The number of carbonyl (C=O) groups is 1. The first-order valence-electron chi connectivity index (χ1n) is 8.70. The van der Waals surface area contributed by atoms with Crippen LogP contribution < -0.4 is 10.1 Å². The largest absolute Gasteiger partial charge is 0.475 e. The number of halogens is 2. The van der Waals surface area contributed by atoms with Gasteiger partial charge in [0, 0.05) is 21.8 Å². The lowest BCUT2D eigenvalue weighted by molar-refractivity contribution is 0.0946. The highest BCUT2D eigenvalue weighted by atomic mass is 79.9. The number of amides is 1. The molecule has 1 aromatic carbocycles. The highest BCUT2D eigenvalue weighted by Gasteiger charge is 2.12. The predicted molar refractivity (Wildman–Crippen MR) is 115 cm³/mol. The van der Waals surface area contributed by atoms with Gasteiger partial charge in [0.05, 0.1) is 17.1 Å². The summed E-state index contributed by atoms with van der Waals surface area (Å²) in [5, 5.41) is 18.0. The molecule has 1 N–H and O–H groups in total. The molecule has 0 unspecified atom stereocenters. The number of thiophene rings is 1. The molecule has 148 valence electrons. The molecule has 0 aliphatic carbocycles. The van der Waals surface area contributed by atoms with Crippen LogP contribution in [-0.2, 0) is 6.42 Å². The van der Waals surface area contributed by atoms with E-state index in [0.717, 1.165) is 10.3 Å². The quantitative estimate of drug-likeness (QED) is 0.394. The van der Waals surface area contributed by atoms with Gasteiger partial charge in [-0.1, -0.05) is 33.6 Å². The van der Waals surface area contributed by atoms with Gasteiger partial charge in [-0.2, -0.15) is 4.52 Å². The molecule has 1 amide bonds. The van der Waals surface area contributed by atoms with Gasteiger partial charge in [0.2, 0.25) is 5.88 Å². The average molecular weight is 493 g/mol. The Morgan fingerprint density at radius 1 is 1.24 bits per heavy atom. The fraction of sp³-hybridized carbons (Fsp3) is 0.158. The summed E-state index contributed by atoms with van der Waals surface area (Å²) in [7, 11) is 0. The maximum atomic E-state index is 12.3. The van der Waals surface area contributed by atoms with Crippen molar-refractivity contribution in [2.75, 3.05) is 13.2 Å². The van der Waals surface area contributed by atoms with Crippen LogP contribution in [0.25, 0.3) is 5.65 Å². The van der Waals surface area contributed by atoms with Gasteiger partial charge in [0.1, 0.15) is 6.61 Å². The van der Waals surface area contributed by atoms with Gasteiger partial charge in [-0.15, -0.1) is 26.6 Å². The van der Waals surface area contributed by atoms with Crippen LogP contribution in [0.2, 0.25) is 5.02 Å². The third-order valence-corrected chi connectivity index (χ3v) is 5.73. The molecule has 3 aromatic heterocycles. The molecule has 0 spiro atoms. The molecule has 0 bridgehead atoms. The van der Waals surface area contributed by atoms with Crippen LogP contribution in [0.15, 0.2) is 52.3 Å². The first-order valence-corrected chi connectivity index (χ1v) is 10.7. The van der Waals surface area contributed by atoms with Crippen molar-refractivity contribution in [2.45, 2.75) is 6.42 Å². The Balaban J connectivity index is 1.36. The van der Waals surface area contributed by atoms with Crippen molar-refractivity contribution in [2.24, 2.45) is 0 Å². The number of hydrogen-bond acceptors (Lipinski definition) is 6. The molecule has 7 nitrogen and oxygen atoms in total. The number of aromatic nitrogens is 4. The second-order valence-electron chi connectivity index (χ2n) is 6.04. The highest BCUT2D eigenvalue weighted by molar-refractivity contribution is 9.10. The number of nitrogens with one attached hydrogen (secondary N) is 1. The van der Waals surface area contributed by atoms with Crippen LogP contribution in [0.1, 0.15) is 21.1 Å². The van der Waals surface area contributed by atoms with Gasteiger partial charge in [-0.3, -0.25) is 4.79 Å². The molecule has 4 rings (SSSR count). The lowest BCUT2D eigenvalue weighted by Gasteiger charge is -2.09. The van der Waals surface area contributed by atoms with E-state index in [0.29, 0.717) is 35.1 Å². The second-order valence-corrected chi connectivity index (χ2v) is 8.40. The minimum atomic E-state index is -0.264. The fourth-order valence-electron chi connectivity index (χ4n) is 2.66. The van der Waals surface area contributed by atoms with E-state index < -0.39 is 0 Å². The maximum Gasteiger partial charge on any atom is 0.252 e. The smallest absolute Gasteiger partial charge is 0.252 e. The summed E-state index contributed by atoms with van der Waals surface area (Å²) in [5.41, 5.74) is 1.06. The van der Waals surface area contributed by atoms with Crippen molar-refractivity contribution < 1.29 is 9.53 Å². The Kier molecular flexibility index (Phi) is 6.08. The van der Waals surface area contributed by atoms with Gasteiger partial charge in [-0.25, -0.2) is 0 Å². The molecular formula is C19H15BrClN5O2S. The number of fused-ring (bicyclic) bond motifs is 1. The van der Waals surface area contributed by atoms with Crippen LogP contribution >= 0.6 is 38.9 Å². The fourth-order valence-corrected chi connectivity index (χ4v) is 3.93. The Labute approximate surface area is 183 Å². The number of hydrogen-bond donors (Lipinski definition) is 1. The summed E-state index contributed by atoms with van der Waals surface area (Å²) in [4.78, 5) is 13.4. The first-order chi connectivity index (χ1) is 14.1. The molecule has 0 aliphatic heterocycles. The molecule has 10 heteroatoms. The minimum absolute atomic E-state index is 0.262. The van der Waals surface area contributed by atoms with E-state index in [9.17, 15) is 4.79 Å². The Bertz CT molecular complexity index is 1150. The van der Waals surface area contributed by atoms with Crippen molar-refractivity contribution in [1.82, 2.24) is 25.1 Å². The zero-order valence-corrected chi connectivity index (χ0v) is 18.2. The molecule has 3 heterocycles. The first kappa shape index (κ1) is 19.8. The standard InChI is InChI=1S/C19H15BrClN5O2S/c20-12-3-4-15(21)14(10-12)19(27)22-7-8-28-18-6-5-16-23-24-17(26(16)25-18)11-13-2-1-9-29-13/h1-6,9-10H,7-8,11H2,(H,22,27). The number of benzene rings is 1. The third kappa shape index (κ3) is 4.75. The molecule has 0 fully saturated rings. The summed E-state index contributed by atoms with van der Waals surface area (Å²) < 4.78 is 8.13. The van der Waals surface area contributed by atoms with Crippen LogP contribution in [0.5, 0.6) is 5.88 Å². The van der Waals surface area contributed by atoms with Gasteiger partial charge in [0.15, 0.2) is 11.5 Å². The number of carbonyl (C=O) groups excluding carboxylic acids is 1. The van der Waals surface area contributed by atoms with Crippen LogP contribution in [0, 0.1) is 0 Å². The average Bonchev–Trinajstić information content (AvgIpc) is 3.37. The van der Waals surface area contributed by atoms with Gasteiger partial charge >= 0.3 is 0 Å². The molecule has 0 saturated heterocycles. The number of rotatable bonds is 7. The van der Waals surface area contributed by atoms with Crippen molar-refractivity contribution in [1.29, 1.82) is 0 Å². The Morgan fingerprint density at radius 2 is 2.14 bits per heavy atom. The van der Waals surface area contributed by atoms with Gasteiger partial charge in [0.25, 0.3) is 5.91 Å². The lowest BCUT2D eigenvalue weighted by Crippen LogP contribution is -2.28. The van der Waals surface area contributed by atoms with Crippen molar-refractivity contribution in [3.63, 3.8) is 0 Å². The topological polar surface area (TPSA) is 81.4 Å². The predicted octanol–water partition coefficient (Wildman–Crippen LogP) is 4.00. The lowest BCUT2D eigenvalue weighted by atomic mass is 10.2. The van der Waals surface area contributed by atoms with E-state index in [-0.39, 0.29) is 12.5 Å². The van der Waals surface area contributed by atoms with Crippen LogP contribution in [-0.4, -0.2) is 38.9 Å². The molecule has 0 radical (unpaired) electrons. The van der Waals surface area contributed by atoms with E-state index in [2.05, 4.69) is 36.5 Å². The number of nitrogens with zero attached hydrogens (tertiary/aromatic N) is 4. The van der Waals surface area contributed by atoms with Crippen molar-refractivity contribution >= 4 is 50.4 Å². The maximum absolute atomic E-state index is 12.3. The monoisotopic (exact) mass is 491 g/mol. The Hall–Kier alpha value is -2.49. The molecular weight excluding hydrogens is 478 g/mol. The van der Waals surface area contributed by atoms with E-state index in [1.807, 2.05) is 17.5 Å². The minimum Gasteiger partial charge on any atom is -0.475 e. The summed E-state index contributed by atoms with van der Waals surface area (Å²) in [5.74, 6) is 0.908.